The van der Waals surface area contributed by atoms with E-state index in [9.17, 15) is 13.2 Å². The zero-order valence-electron chi connectivity index (χ0n) is 15.5. The lowest BCUT2D eigenvalue weighted by atomic mass is 10.1. The Morgan fingerprint density at radius 3 is 2.31 bits per heavy atom. The molecule has 1 amide bonds. The molecule has 2 rings (SSSR count). The second-order valence-corrected chi connectivity index (χ2v) is 8.42. The molecule has 26 heavy (non-hydrogen) atoms. The van der Waals surface area contributed by atoms with Crippen molar-refractivity contribution in [3.05, 3.63) is 54.1 Å². The smallest absolute Gasteiger partial charge is 0.255 e. The fourth-order valence-electron chi connectivity index (χ4n) is 2.58. The molecular weight excluding hydrogens is 348 g/mol. The maximum atomic E-state index is 12.5. The number of carbonyl (C=O) groups is 1. The Kier molecular flexibility index (Phi) is 6.80. The Bertz CT molecular complexity index is 846. The Morgan fingerprint density at radius 2 is 1.69 bits per heavy atom. The van der Waals surface area contributed by atoms with Gasteiger partial charge in [0.25, 0.3) is 5.91 Å². The molecule has 2 aromatic carbocycles. The van der Waals surface area contributed by atoms with E-state index in [2.05, 4.69) is 17.1 Å². The van der Waals surface area contributed by atoms with Crippen molar-refractivity contribution in [2.45, 2.75) is 31.6 Å². The fraction of sp³-hybridized carbons (Fsp3) is 0.350. The van der Waals surface area contributed by atoms with Crippen LogP contribution in [0.2, 0.25) is 0 Å². The largest absolute Gasteiger partial charge is 0.375 e. The summed E-state index contributed by atoms with van der Waals surface area (Å²) in [5, 5.41) is 2.72. The number of nitrogens with one attached hydrogen (secondary N) is 1. The van der Waals surface area contributed by atoms with Crippen molar-refractivity contribution >= 4 is 27.1 Å². The summed E-state index contributed by atoms with van der Waals surface area (Å²) in [6.45, 7) is 4.70. The minimum atomic E-state index is -3.40. The highest BCUT2D eigenvalue weighted by Gasteiger charge is 2.18. The van der Waals surface area contributed by atoms with Crippen LogP contribution in [0.4, 0.5) is 11.4 Å². The molecule has 0 aromatic heterocycles. The van der Waals surface area contributed by atoms with E-state index < -0.39 is 9.84 Å². The Labute approximate surface area is 156 Å². The Morgan fingerprint density at radius 1 is 1.04 bits per heavy atom. The van der Waals surface area contributed by atoms with E-state index in [1.165, 1.54) is 6.07 Å². The van der Waals surface area contributed by atoms with Crippen LogP contribution in [0, 0.1) is 0 Å². The molecule has 0 atom stereocenters. The molecule has 0 unspecified atom stereocenters. The molecule has 2 aromatic rings. The highest BCUT2D eigenvalue weighted by Crippen LogP contribution is 2.23. The van der Waals surface area contributed by atoms with Crippen molar-refractivity contribution in [2.75, 3.05) is 29.6 Å². The summed E-state index contributed by atoms with van der Waals surface area (Å²) in [4.78, 5) is 14.8. The summed E-state index contributed by atoms with van der Waals surface area (Å²) in [6, 6.07) is 13.8. The summed E-state index contributed by atoms with van der Waals surface area (Å²) in [7, 11) is -1.38. The van der Waals surface area contributed by atoms with Crippen LogP contribution in [0.3, 0.4) is 0 Å². The number of anilines is 2. The third-order valence-electron chi connectivity index (χ3n) is 4.27. The van der Waals surface area contributed by atoms with Crippen LogP contribution >= 0.6 is 0 Å². The number of hydrogen-bond acceptors (Lipinski definition) is 4. The van der Waals surface area contributed by atoms with E-state index in [0.29, 0.717) is 11.3 Å². The summed E-state index contributed by atoms with van der Waals surface area (Å²) >= 11 is 0. The van der Waals surface area contributed by atoms with E-state index >= 15 is 0 Å². The number of nitrogens with zero attached hydrogens (tertiary/aromatic N) is 1. The molecule has 0 saturated heterocycles. The fourth-order valence-corrected chi connectivity index (χ4v) is 3.63. The zero-order chi connectivity index (χ0) is 19.2. The zero-order valence-corrected chi connectivity index (χ0v) is 16.3. The molecule has 0 aliphatic carbocycles. The highest BCUT2D eigenvalue weighted by atomic mass is 32.2. The van der Waals surface area contributed by atoms with Crippen molar-refractivity contribution in [1.29, 1.82) is 0 Å². The first kappa shape index (κ1) is 20.0. The van der Waals surface area contributed by atoms with Gasteiger partial charge in [0.15, 0.2) is 9.84 Å². The van der Waals surface area contributed by atoms with Gasteiger partial charge >= 0.3 is 0 Å². The van der Waals surface area contributed by atoms with Gasteiger partial charge in [0.2, 0.25) is 0 Å². The van der Waals surface area contributed by atoms with Gasteiger partial charge in [-0.1, -0.05) is 32.4 Å². The number of benzene rings is 2. The molecule has 1 N–H and O–H groups in total. The molecule has 0 radical (unpaired) electrons. The predicted molar refractivity (Wildman–Crippen MR) is 107 cm³/mol. The quantitative estimate of drug-likeness (QED) is 0.759. The summed E-state index contributed by atoms with van der Waals surface area (Å²) in [6.07, 6.45) is 2.24. The Balaban J connectivity index is 2.16. The minimum Gasteiger partial charge on any atom is -0.375 e. The lowest BCUT2D eigenvalue weighted by molar-refractivity contribution is 0.102. The first-order valence-corrected chi connectivity index (χ1v) is 10.5. The normalized spacial score (nSPS) is 11.2. The average molecular weight is 375 g/mol. The lowest BCUT2D eigenvalue weighted by Gasteiger charge is -2.19. The van der Waals surface area contributed by atoms with Gasteiger partial charge in [-0.05, 0) is 42.8 Å². The number of amides is 1. The van der Waals surface area contributed by atoms with Crippen LogP contribution in [0.1, 0.15) is 37.0 Å². The standard InChI is InChI=1S/C20H26N2O3S/c1-4-6-15-22(3)17-13-11-16(12-14-17)20(23)21-18-9-7-8-10-19(18)26(24,25)5-2/h7-14H,4-6,15H2,1-3H3,(H,21,23). The number of rotatable bonds is 8. The van der Waals surface area contributed by atoms with Gasteiger partial charge in [0.1, 0.15) is 0 Å². The first-order valence-electron chi connectivity index (χ1n) is 8.83. The monoisotopic (exact) mass is 374 g/mol. The lowest BCUT2D eigenvalue weighted by Crippen LogP contribution is -2.19. The number of para-hydroxylation sites is 1. The van der Waals surface area contributed by atoms with E-state index in [4.69, 9.17) is 0 Å². The van der Waals surface area contributed by atoms with Crippen LogP contribution in [-0.2, 0) is 9.84 Å². The summed E-state index contributed by atoms with van der Waals surface area (Å²) in [5.41, 5.74) is 1.84. The molecule has 0 aliphatic heterocycles. The van der Waals surface area contributed by atoms with Crippen LogP contribution < -0.4 is 10.2 Å². The van der Waals surface area contributed by atoms with E-state index in [1.807, 2.05) is 19.2 Å². The van der Waals surface area contributed by atoms with Crippen molar-refractivity contribution in [3.63, 3.8) is 0 Å². The molecule has 140 valence electrons. The molecule has 5 nitrogen and oxygen atoms in total. The molecule has 0 heterocycles. The number of hydrogen-bond donors (Lipinski definition) is 1. The van der Waals surface area contributed by atoms with Crippen LogP contribution in [0.25, 0.3) is 0 Å². The van der Waals surface area contributed by atoms with Gasteiger partial charge < -0.3 is 10.2 Å². The van der Waals surface area contributed by atoms with E-state index in [-0.39, 0.29) is 16.6 Å². The van der Waals surface area contributed by atoms with Crippen LogP contribution in [0.15, 0.2) is 53.4 Å². The third-order valence-corrected chi connectivity index (χ3v) is 6.05. The molecule has 0 aliphatic rings. The molecule has 0 saturated carbocycles. The molecular formula is C20H26N2O3S. The minimum absolute atomic E-state index is 0.0152. The first-order chi connectivity index (χ1) is 12.4. The maximum absolute atomic E-state index is 12.5. The van der Waals surface area contributed by atoms with Crippen molar-refractivity contribution in [2.24, 2.45) is 0 Å². The van der Waals surface area contributed by atoms with Crippen LogP contribution in [-0.4, -0.2) is 33.7 Å². The second kappa shape index (κ2) is 8.85. The SMILES string of the molecule is CCCCN(C)c1ccc(C(=O)Nc2ccccc2S(=O)(=O)CC)cc1. The predicted octanol–water partition coefficient (Wildman–Crippen LogP) is 3.97. The van der Waals surface area contributed by atoms with Crippen molar-refractivity contribution < 1.29 is 13.2 Å². The van der Waals surface area contributed by atoms with Gasteiger partial charge in [0, 0.05) is 24.8 Å². The highest BCUT2D eigenvalue weighted by molar-refractivity contribution is 7.91. The van der Waals surface area contributed by atoms with Gasteiger partial charge in [-0.15, -0.1) is 0 Å². The second-order valence-electron chi connectivity index (χ2n) is 6.18. The average Bonchev–Trinajstić information content (AvgIpc) is 2.66. The summed E-state index contributed by atoms with van der Waals surface area (Å²) < 4.78 is 24.4. The maximum Gasteiger partial charge on any atom is 0.255 e. The van der Waals surface area contributed by atoms with Crippen molar-refractivity contribution in [1.82, 2.24) is 0 Å². The van der Waals surface area contributed by atoms with E-state index in [0.717, 1.165) is 25.1 Å². The molecule has 0 fully saturated rings. The van der Waals surface area contributed by atoms with Gasteiger partial charge in [-0.25, -0.2) is 8.42 Å². The Hall–Kier alpha value is -2.34. The van der Waals surface area contributed by atoms with Crippen LogP contribution in [0.5, 0.6) is 0 Å². The van der Waals surface area contributed by atoms with Gasteiger partial charge in [-0.3, -0.25) is 4.79 Å². The topological polar surface area (TPSA) is 66.5 Å². The van der Waals surface area contributed by atoms with Gasteiger partial charge in [-0.2, -0.15) is 0 Å². The third kappa shape index (κ3) is 4.85. The summed E-state index contributed by atoms with van der Waals surface area (Å²) in [5.74, 6) is -0.343. The van der Waals surface area contributed by atoms with Crippen molar-refractivity contribution in [3.8, 4) is 0 Å². The molecule has 6 heteroatoms. The number of sulfone groups is 1. The number of carbonyl (C=O) groups excluding carboxylic acids is 1. The molecule has 0 spiro atoms. The van der Waals surface area contributed by atoms with Gasteiger partial charge in [0.05, 0.1) is 16.3 Å². The molecule has 0 bridgehead atoms. The number of unbranched alkanes of at least 4 members (excludes halogenated alkanes) is 1. The van der Waals surface area contributed by atoms with E-state index in [1.54, 1.807) is 37.3 Å².